The molecule has 0 radical (unpaired) electrons. The van der Waals surface area contributed by atoms with Gasteiger partial charge in [0.25, 0.3) is 0 Å². The molecule has 0 saturated heterocycles. The van der Waals surface area contributed by atoms with Crippen LogP contribution in [-0.2, 0) is 9.59 Å². The maximum Gasteiger partial charge on any atom is 0.312 e. The van der Waals surface area contributed by atoms with Crippen LogP contribution in [0.3, 0.4) is 0 Å². The fourth-order valence-electron chi connectivity index (χ4n) is 1.06. The molecule has 0 fully saturated rings. The van der Waals surface area contributed by atoms with E-state index in [0.29, 0.717) is 4.34 Å². The molecule has 6 heteroatoms. The summed E-state index contributed by atoms with van der Waals surface area (Å²) in [6.45, 7) is 1.78. The Bertz CT molecular complexity index is 377. The third kappa shape index (κ3) is 3.89. The lowest BCUT2D eigenvalue weighted by molar-refractivity contribution is -0.140. The van der Waals surface area contributed by atoms with E-state index < -0.39 is 18.3 Å². The van der Waals surface area contributed by atoms with Crippen molar-refractivity contribution in [2.24, 2.45) is 0 Å². The molecular formula is C9H10ClNO3S. The maximum atomic E-state index is 11.1. The number of nitrogens with one attached hydrogen (secondary N) is 1. The number of rotatable bonds is 4. The predicted octanol–water partition coefficient (Wildman–Crippen LogP) is 2.05. The van der Waals surface area contributed by atoms with Crippen molar-refractivity contribution in [2.75, 3.05) is 0 Å². The standard InChI is InChI=1S/C9H10ClNO3S/c1-5(6-2-3-7(10)15-6)11-8(12)4-9(13)14/h2-3,5H,4H2,1H3,(H,11,12)(H,13,14). The molecule has 1 heterocycles. The Hall–Kier alpha value is -1.07. The molecule has 0 bridgehead atoms. The molecule has 1 unspecified atom stereocenters. The van der Waals surface area contributed by atoms with Crippen LogP contribution in [0.2, 0.25) is 4.34 Å². The molecule has 1 amide bonds. The van der Waals surface area contributed by atoms with Crippen LogP contribution in [0.25, 0.3) is 0 Å². The molecule has 0 spiro atoms. The summed E-state index contributed by atoms with van der Waals surface area (Å²) in [7, 11) is 0. The molecule has 1 aromatic rings. The summed E-state index contributed by atoms with van der Waals surface area (Å²) < 4.78 is 0.643. The van der Waals surface area contributed by atoms with Crippen molar-refractivity contribution in [3.8, 4) is 0 Å². The summed E-state index contributed by atoms with van der Waals surface area (Å²) in [5.41, 5.74) is 0. The summed E-state index contributed by atoms with van der Waals surface area (Å²) in [5, 5.41) is 11.0. The van der Waals surface area contributed by atoms with Gasteiger partial charge in [0, 0.05) is 4.88 Å². The van der Waals surface area contributed by atoms with E-state index in [0.717, 1.165) is 4.88 Å². The Morgan fingerprint density at radius 1 is 1.60 bits per heavy atom. The third-order valence-corrected chi connectivity index (χ3v) is 3.12. The molecule has 1 rings (SSSR count). The first-order valence-electron chi connectivity index (χ1n) is 4.25. The van der Waals surface area contributed by atoms with Crippen LogP contribution >= 0.6 is 22.9 Å². The molecule has 0 saturated carbocycles. The lowest BCUT2D eigenvalue weighted by atomic mass is 10.2. The highest BCUT2D eigenvalue weighted by molar-refractivity contribution is 7.16. The zero-order valence-corrected chi connectivity index (χ0v) is 9.56. The minimum absolute atomic E-state index is 0.214. The van der Waals surface area contributed by atoms with Crippen LogP contribution in [0.1, 0.15) is 24.3 Å². The highest BCUT2D eigenvalue weighted by atomic mass is 35.5. The Morgan fingerprint density at radius 2 is 2.27 bits per heavy atom. The number of hydrogen-bond donors (Lipinski definition) is 2. The second kappa shape index (κ2) is 5.14. The number of hydrogen-bond acceptors (Lipinski definition) is 3. The van der Waals surface area contributed by atoms with E-state index in [1.807, 2.05) is 0 Å². The molecule has 0 aromatic carbocycles. The van der Waals surface area contributed by atoms with Gasteiger partial charge >= 0.3 is 5.97 Å². The van der Waals surface area contributed by atoms with Crippen molar-refractivity contribution >= 4 is 34.8 Å². The average Bonchev–Trinajstić information content (AvgIpc) is 2.49. The van der Waals surface area contributed by atoms with Gasteiger partial charge in [-0.3, -0.25) is 9.59 Å². The van der Waals surface area contributed by atoms with E-state index in [4.69, 9.17) is 16.7 Å². The summed E-state index contributed by atoms with van der Waals surface area (Å²) in [4.78, 5) is 22.3. The second-order valence-electron chi connectivity index (χ2n) is 3.00. The van der Waals surface area contributed by atoms with Gasteiger partial charge < -0.3 is 10.4 Å². The first kappa shape index (κ1) is 12.0. The minimum Gasteiger partial charge on any atom is -0.481 e. The largest absolute Gasteiger partial charge is 0.481 e. The van der Waals surface area contributed by atoms with Crippen LogP contribution in [0.15, 0.2) is 12.1 Å². The van der Waals surface area contributed by atoms with Crippen molar-refractivity contribution in [2.45, 2.75) is 19.4 Å². The molecule has 0 aliphatic rings. The van der Waals surface area contributed by atoms with Gasteiger partial charge in [0.05, 0.1) is 10.4 Å². The fourth-order valence-corrected chi connectivity index (χ4v) is 2.13. The first-order chi connectivity index (χ1) is 6.99. The SMILES string of the molecule is CC(NC(=O)CC(=O)O)c1ccc(Cl)s1. The van der Waals surface area contributed by atoms with E-state index in [1.54, 1.807) is 19.1 Å². The van der Waals surface area contributed by atoms with Crippen molar-refractivity contribution in [1.82, 2.24) is 5.32 Å². The fraction of sp³-hybridized carbons (Fsp3) is 0.333. The van der Waals surface area contributed by atoms with Gasteiger partial charge in [0.2, 0.25) is 5.91 Å². The highest BCUT2D eigenvalue weighted by Gasteiger charge is 2.13. The van der Waals surface area contributed by atoms with Crippen molar-refractivity contribution in [3.05, 3.63) is 21.3 Å². The Balaban J connectivity index is 2.52. The minimum atomic E-state index is -1.14. The number of carbonyl (C=O) groups excluding carboxylic acids is 1. The van der Waals surface area contributed by atoms with Crippen molar-refractivity contribution in [3.63, 3.8) is 0 Å². The van der Waals surface area contributed by atoms with E-state index in [2.05, 4.69) is 5.32 Å². The topological polar surface area (TPSA) is 66.4 Å². The van der Waals surface area contributed by atoms with Gasteiger partial charge in [-0.2, -0.15) is 0 Å². The van der Waals surface area contributed by atoms with Crippen molar-refractivity contribution in [1.29, 1.82) is 0 Å². The van der Waals surface area contributed by atoms with Crippen LogP contribution in [-0.4, -0.2) is 17.0 Å². The van der Waals surface area contributed by atoms with Crippen molar-refractivity contribution < 1.29 is 14.7 Å². The number of halogens is 1. The summed E-state index contributed by atoms with van der Waals surface area (Å²) >= 11 is 7.10. The summed E-state index contributed by atoms with van der Waals surface area (Å²) in [5.74, 6) is -1.64. The van der Waals surface area contributed by atoms with E-state index in [1.165, 1.54) is 11.3 Å². The predicted molar refractivity (Wildman–Crippen MR) is 58.1 cm³/mol. The van der Waals surface area contributed by atoms with Gasteiger partial charge in [-0.1, -0.05) is 11.6 Å². The monoisotopic (exact) mass is 247 g/mol. The zero-order valence-electron chi connectivity index (χ0n) is 7.99. The normalized spacial score (nSPS) is 12.1. The molecule has 4 nitrogen and oxygen atoms in total. The van der Waals surface area contributed by atoms with Crippen LogP contribution in [0.5, 0.6) is 0 Å². The smallest absolute Gasteiger partial charge is 0.312 e. The Morgan fingerprint density at radius 3 is 2.73 bits per heavy atom. The molecule has 1 aromatic heterocycles. The molecule has 82 valence electrons. The molecular weight excluding hydrogens is 238 g/mol. The van der Waals surface area contributed by atoms with E-state index in [-0.39, 0.29) is 6.04 Å². The van der Waals surface area contributed by atoms with Gasteiger partial charge in [-0.05, 0) is 19.1 Å². The van der Waals surface area contributed by atoms with Gasteiger partial charge in [-0.25, -0.2) is 0 Å². The van der Waals surface area contributed by atoms with Crippen LogP contribution in [0, 0.1) is 0 Å². The quantitative estimate of drug-likeness (QED) is 0.801. The average molecular weight is 248 g/mol. The number of carboxylic acids is 1. The lowest BCUT2D eigenvalue weighted by Crippen LogP contribution is -2.27. The molecule has 0 aliphatic carbocycles. The zero-order chi connectivity index (χ0) is 11.4. The number of carboxylic acid groups (broad SMARTS) is 1. The van der Waals surface area contributed by atoms with Gasteiger partial charge in [0.1, 0.15) is 6.42 Å². The molecule has 0 aliphatic heterocycles. The highest BCUT2D eigenvalue weighted by Crippen LogP contribution is 2.26. The second-order valence-corrected chi connectivity index (χ2v) is 4.75. The third-order valence-electron chi connectivity index (χ3n) is 1.71. The summed E-state index contributed by atoms with van der Waals surface area (Å²) in [6.07, 6.45) is -0.510. The lowest BCUT2D eigenvalue weighted by Gasteiger charge is -2.10. The maximum absolute atomic E-state index is 11.1. The van der Waals surface area contributed by atoms with E-state index in [9.17, 15) is 9.59 Å². The number of thiophene rings is 1. The molecule has 15 heavy (non-hydrogen) atoms. The Labute approximate surface area is 95.9 Å². The first-order valence-corrected chi connectivity index (χ1v) is 5.45. The van der Waals surface area contributed by atoms with Crippen LogP contribution in [0.4, 0.5) is 0 Å². The number of aliphatic carboxylic acids is 1. The molecule has 1 atom stereocenters. The number of amides is 1. The van der Waals surface area contributed by atoms with Crippen LogP contribution < -0.4 is 5.32 Å². The summed E-state index contributed by atoms with van der Waals surface area (Å²) in [6, 6.07) is 3.33. The molecule has 2 N–H and O–H groups in total. The number of carbonyl (C=O) groups is 2. The Kier molecular flexibility index (Phi) is 4.11. The van der Waals surface area contributed by atoms with E-state index >= 15 is 0 Å². The van der Waals surface area contributed by atoms with Gasteiger partial charge in [-0.15, -0.1) is 11.3 Å². The van der Waals surface area contributed by atoms with Gasteiger partial charge in [0.15, 0.2) is 0 Å².